The lowest BCUT2D eigenvalue weighted by Gasteiger charge is -2.06. The molecule has 0 spiro atoms. The average Bonchev–Trinajstić information content (AvgIpc) is 3.50. The Balaban J connectivity index is 1.59. The Morgan fingerprint density at radius 1 is 0.556 bits per heavy atom. The first-order chi connectivity index (χ1) is 13.4. The third kappa shape index (κ3) is 20.4. The highest BCUT2D eigenvalue weighted by molar-refractivity contribution is 4.66. The summed E-state index contributed by atoms with van der Waals surface area (Å²) in [6.07, 6.45) is 19.9. The van der Waals surface area contributed by atoms with Crippen molar-refractivity contribution in [2.24, 2.45) is 0 Å². The van der Waals surface area contributed by atoms with E-state index in [9.17, 15) is 0 Å². The summed E-state index contributed by atoms with van der Waals surface area (Å²) in [6.45, 7) is 7.39. The van der Waals surface area contributed by atoms with E-state index in [4.69, 9.17) is 18.9 Å². The van der Waals surface area contributed by atoms with E-state index >= 15 is 0 Å². The van der Waals surface area contributed by atoms with Crippen molar-refractivity contribution in [1.29, 1.82) is 0 Å². The monoisotopic (exact) mass is 386 g/mol. The van der Waals surface area contributed by atoms with Gasteiger partial charge in [-0.3, -0.25) is 0 Å². The molecule has 4 heteroatoms. The Hall–Kier alpha value is -0.160. The van der Waals surface area contributed by atoms with E-state index in [0.29, 0.717) is 39.1 Å². The van der Waals surface area contributed by atoms with Crippen molar-refractivity contribution in [3.63, 3.8) is 0 Å². The number of unbranched alkanes of at least 4 members (excludes halogenated alkanes) is 13. The topological polar surface area (TPSA) is 40.2 Å². The maximum absolute atomic E-state index is 5.61. The molecule has 1 atom stereocenters. The van der Waals surface area contributed by atoms with Gasteiger partial charge in [-0.05, 0) is 6.42 Å². The summed E-state index contributed by atoms with van der Waals surface area (Å²) in [5.41, 5.74) is 0. The zero-order chi connectivity index (χ0) is 19.3. The van der Waals surface area contributed by atoms with E-state index in [2.05, 4.69) is 6.92 Å². The van der Waals surface area contributed by atoms with Crippen molar-refractivity contribution in [1.82, 2.24) is 0 Å². The normalized spacial score (nSPS) is 16.1. The molecule has 0 bridgehead atoms. The molecule has 0 saturated carbocycles. The summed E-state index contributed by atoms with van der Waals surface area (Å²) in [5.74, 6) is 0. The van der Waals surface area contributed by atoms with Gasteiger partial charge in [-0.2, -0.15) is 0 Å². The Labute approximate surface area is 168 Å². The summed E-state index contributed by atoms with van der Waals surface area (Å²) in [4.78, 5) is 0. The molecule has 0 amide bonds. The summed E-state index contributed by atoms with van der Waals surface area (Å²) < 4.78 is 21.6. The molecule has 0 radical (unpaired) electrons. The van der Waals surface area contributed by atoms with Crippen LogP contribution in [0.1, 0.15) is 96.8 Å². The van der Waals surface area contributed by atoms with Crippen LogP contribution in [0.15, 0.2) is 0 Å². The van der Waals surface area contributed by atoms with Crippen molar-refractivity contribution in [2.45, 2.75) is 103 Å². The van der Waals surface area contributed by atoms with Crippen LogP contribution in [0, 0.1) is 0 Å². The van der Waals surface area contributed by atoms with Gasteiger partial charge in [-0.25, -0.2) is 0 Å². The maximum atomic E-state index is 5.61. The number of hydrogen-bond donors (Lipinski definition) is 0. The SMILES string of the molecule is CCCCCCCCCCCCCCCCOCCOCCOCC1CO1. The molecule has 1 aliphatic rings. The number of ether oxygens (including phenoxy) is 4. The predicted molar refractivity (Wildman–Crippen MR) is 113 cm³/mol. The average molecular weight is 387 g/mol. The van der Waals surface area contributed by atoms with Gasteiger partial charge < -0.3 is 18.9 Å². The molecule has 1 unspecified atom stereocenters. The predicted octanol–water partition coefficient (Wildman–Crippen LogP) is 5.92. The van der Waals surface area contributed by atoms with E-state index in [-0.39, 0.29) is 0 Å². The first kappa shape index (κ1) is 24.9. The summed E-state index contributed by atoms with van der Waals surface area (Å²) in [5, 5.41) is 0. The molecular weight excluding hydrogens is 340 g/mol. The van der Waals surface area contributed by atoms with Crippen molar-refractivity contribution < 1.29 is 18.9 Å². The molecule has 1 heterocycles. The van der Waals surface area contributed by atoms with Crippen LogP contribution in [0.3, 0.4) is 0 Å². The Morgan fingerprint density at radius 2 is 0.963 bits per heavy atom. The van der Waals surface area contributed by atoms with Gasteiger partial charge in [0.15, 0.2) is 0 Å². The van der Waals surface area contributed by atoms with Crippen LogP contribution in [-0.4, -0.2) is 52.4 Å². The smallest absolute Gasteiger partial charge is 0.104 e. The van der Waals surface area contributed by atoms with Gasteiger partial charge in [0.2, 0.25) is 0 Å². The largest absolute Gasteiger partial charge is 0.379 e. The van der Waals surface area contributed by atoms with Crippen molar-refractivity contribution in [2.75, 3.05) is 46.2 Å². The van der Waals surface area contributed by atoms with Gasteiger partial charge in [-0.15, -0.1) is 0 Å². The van der Waals surface area contributed by atoms with E-state index in [1.165, 1.54) is 89.9 Å². The van der Waals surface area contributed by atoms with Gasteiger partial charge in [0.25, 0.3) is 0 Å². The molecule has 4 nitrogen and oxygen atoms in total. The molecule has 162 valence electrons. The van der Waals surface area contributed by atoms with Gasteiger partial charge in [0.1, 0.15) is 6.10 Å². The van der Waals surface area contributed by atoms with Gasteiger partial charge in [0, 0.05) is 6.61 Å². The third-order valence-electron chi connectivity index (χ3n) is 5.09. The molecule has 1 saturated heterocycles. The van der Waals surface area contributed by atoms with Crippen molar-refractivity contribution >= 4 is 0 Å². The van der Waals surface area contributed by atoms with Crippen LogP contribution in [-0.2, 0) is 18.9 Å². The van der Waals surface area contributed by atoms with Gasteiger partial charge >= 0.3 is 0 Å². The van der Waals surface area contributed by atoms with Gasteiger partial charge in [-0.1, -0.05) is 90.4 Å². The van der Waals surface area contributed by atoms with Gasteiger partial charge in [0.05, 0.1) is 39.6 Å². The number of hydrogen-bond acceptors (Lipinski definition) is 4. The van der Waals surface area contributed by atoms with E-state index in [1.54, 1.807) is 0 Å². The third-order valence-corrected chi connectivity index (χ3v) is 5.09. The molecular formula is C23H46O4. The number of epoxide rings is 1. The first-order valence-corrected chi connectivity index (χ1v) is 11.8. The minimum atomic E-state index is 0.346. The molecule has 1 rings (SSSR count). The molecule has 1 fully saturated rings. The summed E-state index contributed by atoms with van der Waals surface area (Å²) >= 11 is 0. The van der Waals surface area contributed by atoms with Crippen LogP contribution >= 0.6 is 0 Å². The first-order valence-electron chi connectivity index (χ1n) is 11.8. The maximum Gasteiger partial charge on any atom is 0.104 e. The van der Waals surface area contributed by atoms with Crippen LogP contribution in [0.5, 0.6) is 0 Å². The lowest BCUT2D eigenvalue weighted by atomic mass is 10.0. The lowest BCUT2D eigenvalue weighted by molar-refractivity contribution is 0.0112. The van der Waals surface area contributed by atoms with E-state index in [0.717, 1.165) is 13.2 Å². The molecule has 1 aliphatic heterocycles. The lowest BCUT2D eigenvalue weighted by Crippen LogP contribution is -2.11. The number of rotatable bonds is 23. The fourth-order valence-electron chi connectivity index (χ4n) is 3.22. The minimum Gasteiger partial charge on any atom is -0.379 e. The Morgan fingerprint density at radius 3 is 1.44 bits per heavy atom. The van der Waals surface area contributed by atoms with Crippen LogP contribution < -0.4 is 0 Å². The Bertz CT molecular complexity index is 282. The fourth-order valence-corrected chi connectivity index (χ4v) is 3.22. The molecule has 0 aliphatic carbocycles. The van der Waals surface area contributed by atoms with E-state index < -0.39 is 0 Å². The van der Waals surface area contributed by atoms with Crippen molar-refractivity contribution in [3.05, 3.63) is 0 Å². The molecule has 0 aromatic carbocycles. The highest BCUT2D eigenvalue weighted by Gasteiger charge is 2.21. The van der Waals surface area contributed by atoms with Crippen LogP contribution in [0.25, 0.3) is 0 Å². The van der Waals surface area contributed by atoms with E-state index in [1.807, 2.05) is 0 Å². The highest BCUT2D eigenvalue weighted by Crippen LogP contribution is 2.13. The zero-order valence-corrected chi connectivity index (χ0v) is 18.1. The quantitative estimate of drug-likeness (QED) is 0.161. The molecule has 0 aromatic rings. The second kappa shape index (κ2) is 20.6. The molecule has 0 N–H and O–H groups in total. The summed E-state index contributed by atoms with van der Waals surface area (Å²) in [7, 11) is 0. The Kier molecular flexibility index (Phi) is 19.0. The zero-order valence-electron chi connectivity index (χ0n) is 18.1. The molecule has 27 heavy (non-hydrogen) atoms. The summed E-state index contributed by atoms with van der Waals surface area (Å²) in [6, 6.07) is 0. The fraction of sp³-hybridized carbons (Fsp3) is 1.00. The van der Waals surface area contributed by atoms with Crippen LogP contribution in [0.4, 0.5) is 0 Å². The second-order valence-corrected chi connectivity index (χ2v) is 7.85. The molecule has 0 aromatic heterocycles. The standard InChI is InChI=1S/C23H46O4/c1-2-3-4-5-6-7-8-9-10-11-12-13-14-15-16-24-17-18-25-19-20-26-21-23-22-27-23/h23H,2-22H2,1H3. The minimum absolute atomic E-state index is 0.346. The van der Waals surface area contributed by atoms with Crippen molar-refractivity contribution in [3.8, 4) is 0 Å². The van der Waals surface area contributed by atoms with Crippen LogP contribution in [0.2, 0.25) is 0 Å². The highest BCUT2D eigenvalue weighted by atomic mass is 16.6. The second-order valence-electron chi connectivity index (χ2n) is 7.85.